The van der Waals surface area contributed by atoms with Crippen molar-refractivity contribution in [3.05, 3.63) is 56.7 Å². The lowest BCUT2D eigenvalue weighted by atomic mass is 9.77. The Labute approximate surface area is 120 Å². The van der Waals surface area contributed by atoms with Crippen LogP contribution in [0, 0.1) is 11.3 Å². The summed E-state index contributed by atoms with van der Waals surface area (Å²) in [5, 5.41) is 22.7. The van der Waals surface area contributed by atoms with Gasteiger partial charge in [-0.3, -0.25) is 0 Å². The van der Waals surface area contributed by atoms with E-state index in [1.807, 2.05) is 24.3 Å². The molecule has 1 aromatic heterocycles. The molecule has 0 bridgehead atoms. The molecule has 1 heterocycles. The summed E-state index contributed by atoms with van der Waals surface area (Å²) in [4.78, 5) is 0.753. The maximum Gasteiger partial charge on any atom is 0.114 e. The van der Waals surface area contributed by atoms with Crippen molar-refractivity contribution < 1.29 is 5.11 Å². The molecule has 0 saturated heterocycles. The van der Waals surface area contributed by atoms with Gasteiger partial charge in [0.05, 0.1) is 11.1 Å². The Kier molecular flexibility index (Phi) is 3.10. The van der Waals surface area contributed by atoms with Crippen LogP contribution in [0.15, 0.2) is 35.7 Å². The molecule has 1 N–H and O–H groups in total. The van der Waals surface area contributed by atoms with Crippen LogP contribution in [0.4, 0.5) is 0 Å². The highest BCUT2D eigenvalue weighted by atomic mass is 35.5. The normalized spacial score (nSPS) is 22.8. The summed E-state index contributed by atoms with van der Waals surface area (Å²) < 4.78 is 0. The van der Waals surface area contributed by atoms with Crippen molar-refractivity contribution in [3.63, 3.8) is 0 Å². The van der Waals surface area contributed by atoms with Gasteiger partial charge < -0.3 is 5.11 Å². The molecular weight excluding hydrogens is 278 g/mol. The fourth-order valence-electron chi connectivity index (χ4n) is 2.82. The van der Waals surface area contributed by atoms with Gasteiger partial charge in [0.2, 0.25) is 0 Å². The lowest BCUT2D eigenvalue weighted by Gasteiger charge is -2.27. The molecule has 2 aromatic rings. The third-order valence-corrected chi connectivity index (χ3v) is 5.14. The summed E-state index contributed by atoms with van der Waals surface area (Å²) in [7, 11) is 0. The highest BCUT2D eigenvalue weighted by Crippen LogP contribution is 2.48. The number of benzene rings is 1. The van der Waals surface area contributed by atoms with E-state index in [0.717, 1.165) is 22.4 Å². The van der Waals surface area contributed by atoms with Crippen molar-refractivity contribution >= 4 is 22.9 Å². The number of nitrogens with zero attached hydrogens (tertiary/aromatic N) is 1. The van der Waals surface area contributed by atoms with Gasteiger partial charge in [0.15, 0.2) is 0 Å². The second kappa shape index (κ2) is 4.64. The van der Waals surface area contributed by atoms with Gasteiger partial charge >= 0.3 is 0 Å². The van der Waals surface area contributed by atoms with Gasteiger partial charge in [-0.1, -0.05) is 35.9 Å². The average Bonchev–Trinajstić information content (AvgIpc) is 3.02. The van der Waals surface area contributed by atoms with E-state index in [-0.39, 0.29) is 0 Å². The number of rotatable bonds is 2. The second-order valence-electron chi connectivity index (χ2n) is 4.81. The number of nitriles is 1. The average molecular weight is 290 g/mol. The van der Waals surface area contributed by atoms with E-state index >= 15 is 0 Å². The zero-order valence-corrected chi connectivity index (χ0v) is 11.7. The van der Waals surface area contributed by atoms with E-state index in [0.29, 0.717) is 11.4 Å². The lowest BCUT2D eigenvalue weighted by molar-refractivity contribution is 0.114. The van der Waals surface area contributed by atoms with Crippen LogP contribution in [0.2, 0.25) is 5.02 Å². The Morgan fingerprint density at radius 3 is 2.89 bits per heavy atom. The molecule has 1 aromatic carbocycles. The smallest absolute Gasteiger partial charge is 0.114 e. The molecule has 0 amide bonds. The van der Waals surface area contributed by atoms with Gasteiger partial charge in [-0.15, -0.1) is 11.3 Å². The monoisotopic (exact) mass is 289 g/mol. The zero-order valence-electron chi connectivity index (χ0n) is 10.1. The first-order valence-corrected chi connectivity index (χ1v) is 7.35. The standard InChI is InChI=1S/C15H12ClNOS/c16-11-7-13(19-8-11)14(18)15(9-17)6-5-10-3-1-2-4-12(10)15/h1-4,7-8,14,18H,5-6H2. The minimum atomic E-state index is -0.842. The van der Waals surface area contributed by atoms with Gasteiger partial charge in [0.1, 0.15) is 11.5 Å². The number of hydrogen-bond acceptors (Lipinski definition) is 3. The molecule has 4 heteroatoms. The maximum absolute atomic E-state index is 10.7. The van der Waals surface area contributed by atoms with Crippen LogP contribution in [0.5, 0.6) is 0 Å². The topological polar surface area (TPSA) is 44.0 Å². The molecule has 2 atom stereocenters. The molecule has 2 nitrogen and oxygen atoms in total. The number of halogens is 1. The van der Waals surface area contributed by atoms with Crippen molar-refractivity contribution in [1.29, 1.82) is 5.26 Å². The van der Waals surface area contributed by atoms with Crippen LogP contribution >= 0.6 is 22.9 Å². The first-order chi connectivity index (χ1) is 9.17. The summed E-state index contributed by atoms with van der Waals surface area (Å²) in [6.07, 6.45) is 0.665. The van der Waals surface area contributed by atoms with Crippen LogP contribution in [-0.2, 0) is 11.8 Å². The largest absolute Gasteiger partial charge is 0.386 e. The molecule has 19 heavy (non-hydrogen) atoms. The maximum atomic E-state index is 10.7. The quantitative estimate of drug-likeness (QED) is 0.913. The second-order valence-corrected chi connectivity index (χ2v) is 6.19. The molecular formula is C15H12ClNOS. The summed E-state index contributed by atoms with van der Waals surface area (Å²) >= 11 is 7.32. The predicted molar refractivity (Wildman–Crippen MR) is 76.3 cm³/mol. The van der Waals surface area contributed by atoms with Crippen LogP contribution in [0.1, 0.15) is 28.5 Å². The molecule has 0 aliphatic heterocycles. The van der Waals surface area contributed by atoms with E-state index in [4.69, 9.17) is 11.6 Å². The molecule has 2 unspecified atom stereocenters. The number of aliphatic hydroxyl groups is 1. The number of fused-ring (bicyclic) bond motifs is 1. The van der Waals surface area contributed by atoms with Crippen molar-refractivity contribution in [3.8, 4) is 6.07 Å². The number of thiophene rings is 1. The zero-order chi connectivity index (χ0) is 13.5. The van der Waals surface area contributed by atoms with E-state index in [9.17, 15) is 10.4 Å². The Balaban J connectivity index is 2.09. The van der Waals surface area contributed by atoms with Crippen molar-refractivity contribution in [2.45, 2.75) is 24.4 Å². The summed E-state index contributed by atoms with van der Waals surface area (Å²) in [5.74, 6) is 0. The first kappa shape index (κ1) is 12.7. The summed E-state index contributed by atoms with van der Waals surface area (Å²) in [6.45, 7) is 0. The number of aliphatic hydroxyl groups excluding tert-OH is 1. The Morgan fingerprint density at radius 1 is 1.42 bits per heavy atom. The van der Waals surface area contributed by atoms with Crippen molar-refractivity contribution in [2.75, 3.05) is 0 Å². The highest BCUT2D eigenvalue weighted by Gasteiger charge is 2.46. The third kappa shape index (κ3) is 1.88. The Morgan fingerprint density at radius 2 is 2.21 bits per heavy atom. The molecule has 0 saturated carbocycles. The van der Waals surface area contributed by atoms with Crippen LogP contribution in [-0.4, -0.2) is 5.11 Å². The predicted octanol–water partition coefficient (Wildman–Crippen LogP) is 3.84. The molecule has 0 radical (unpaired) electrons. The van der Waals surface area contributed by atoms with Gasteiger partial charge in [0.25, 0.3) is 0 Å². The van der Waals surface area contributed by atoms with Crippen LogP contribution in [0.25, 0.3) is 0 Å². The van der Waals surface area contributed by atoms with Crippen LogP contribution < -0.4 is 0 Å². The van der Waals surface area contributed by atoms with Crippen LogP contribution in [0.3, 0.4) is 0 Å². The fraction of sp³-hybridized carbons (Fsp3) is 0.267. The minimum absolute atomic E-state index is 0.610. The van der Waals surface area contributed by atoms with E-state index < -0.39 is 11.5 Å². The van der Waals surface area contributed by atoms with Gasteiger partial charge in [-0.2, -0.15) is 5.26 Å². The lowest BCUT2D eigenvalue weighted by Crippen LogP contribution is -2.29. The van der Waals surface area contributed by atoms with E-state index in [2.05, 4.69) is 6.07 Å². The molecule has 1 aliphatic carbocycles. The fourth-order valence-corrected chi connectivity index (χ4v) is 3.97. The number of aryl methyl sites for hydroxylation is 1. The number of hydrogen-bond donors (Lipinski definition) is 1. The van der Waals surface area contributed by atoms with E-state index in [1.54, 1.807) is 11.4 Å². The molecule has 3 rings (SSSR count). The summed E-state index contributed by atoms with van der Waals surface area (Å²) in [5.41, 5.74) is 1.27. The molecule has 0 spiro atoms. The minimum Gasteiger partial charge on any atom is -0.386 e. The molecule has 0 fully saturated rings. The Hall–Kier alpha value is -1.34. The third-order valence-electron chi connectivity index (χ3n) is 3.81. The van der Waals surface area contributed by atoms with Crippen molar-refractivity contribution in [1.82, 2.24) is 0 Å². The van der Waals surface area contributed by atoms with Gasteiger partial charge in [-0.25, -0.2) is 0 Å². The van der Waals surface area contributed by atoms with Crippen molar-refractivity contribution in [2.24, 2.45) is 0 Å². The first-order valence-electron chi connectivity index (χ1n) is 6.09. The molecule has 1 aliphatic rings. The van der Waals surface area contributed by atoms with E-state index in [1.165, 1.54) is 11.3 Å². The summed E-state index contributed by atoms with van der Waals surface area (Å²) in [6, 6.07) is 12.0. The Bertz CT molecular complexity index is 660. The molecule has 96 valence electrons. The SMILES string of the molecule is N#CC1(C(O)c2cc(Cl)cs2)CCc2ccccc21. The van der Waals surface area contributed by atoms with Gasteiger partial charge in [0, 0.05) is 10.3 Å². The van der Waals surface area contributed by atoms with Gasteiger partial charge in [-0.05, 0) is 30.0 Å². The highest BCUT2D eigenvalue weighted by molar-refractivity contribution is 7.10.